The van der Waals surface area contributed by atoms with Crippen LogP contribution in [0.25, 0.3) is 0 Å². The highest BCUT2D eigenvalue weighted by Gasteiger charge is 2.26. The normalized spacial score (nSPS) is 13.1. The Kier molecular flexibility index (Phi) is 4.73. The van der Waals surface area contributed by atoms with Gasteiger partial charge in [-0.3, -0.25) is 0 Å². The summed E-state index contributed by atoms with van der Waals surface area (Å²) in [5.74, 6) is 0. The molecule has 0 saturated heterocycles. The van der Waals surface area contributed by atoms with Crippen molar-refractivity contribution in [3.8, 4) is 0 Å². The molecule has 2 N–H and O–H groups in total. The minimum atomic E-state index is -0.226. The molecule has 1 aromatic heterocycles. The minimum Gasteiger partial charge on any atom is -0.320 e. The number of nitrogens with zero attached hydrogens (tertiary/aromatic N) is 1. The van der Waals surface area contributed by atoms with Crippen LogP contribution in [0.5, 0.6) is 0 Å². The van der Waals surface area contributed by atoms with Crippen LogP contribution in [0.2, 0.25) is 0 Å². The highest BCUT2D eigenvalue weighted by molar-refractivity contribution is 7.09. The third-order valence-corrected chi connectivity index (χ3v) is 4.32. The van der Waals surface area contributed by atoms with E-state index in [0.717, 1.165) is 25.0 Å². The second kappa shape index (κ2) is 5.49. The van der Waals surface area contributed by atoms with Gasteiger partial charge in [-0.05, 0) is 31.1 Å². The van der Waals surface area contributed by atoms with E-state index < -0.39 is 0 Å². The maximum absolute atomic E-state index is 6.36. The van der Waals surface area contributed by atoms with Crippen molar-refractivity contribution in [2.45, 2.75) is 65.8 Å². The zero-order chi connectivity index (χ0) is 13.1. The summed E-state index contributed by atoms with van der Waals surface area (Å²) < 4.78 is 0. The smallest absolute Gasteiger partial charge is 0.0929 e. The molecule has 0 fully saturated rings. The molecule has 0 spiro atoms. The predicted octanol–water partition coefficient (Wildman–Crippen LogP) is 4.10. The van der Waals surface area contributed by atoms with Gasteiger partial charge in [0.25, 0.3) is 0 Å². The fourth-order valence-corrected chi connectivity index (χ4v) is 2.65. The van der Waals surface area contributed by atoms with Crippen molar-refractivity contribution in [2.75, 3.05) is 0 Å². The van der Waals surface area contributed by atoms with Gasteiger partial charge in [-0.1, -0.05) is 34.6 Å². The van der Waals surface area contributed by atoms with Gasteiger partial charge in [-0.15, -0.1) is 11.3 Å². The van der Waals surface area contributed by atoms with Gasteiger partial charge >= 0.3 is 0 Å². The summed E-state index contributed by atoms with van der Waals surface area (Å²) >= 11 is 1.76. The molecule has 3 heteroatoms. The van der Waals surface area contributed by atoms with Gasteiger partial charge in [0.2, 0.25) is 0 Å². The van der Waals surface area contributed by atoms with E-state index in [1.54, 1.807) is 11.3 Å². The van der Waals surface area contributed by atoms with Crippen molar-refractivity contribution in [3.63, 3.8) is 0 Å². The molecule has 1 aromatic rings. The quantitative estimate of drug-likeness (QED) is 0.859. The Morgan fingerprint density at radius 1 is 1.24 bits per heavy atom. The number of rotatable bonds is 5. The van der Waals surface area contributed by atoms with Gasteiger partial charge in [0.1, 0.15) is 0 Å². The first-order chi connectivity index (χ1) is 7.80. The zero-order valence-electron chi connectivity index (χ0n) is 11.8. The second-order valence-corrected chi connectivity index (χ2v) is 6.99. The number of hydrogen-bond donors (Lipinski definition) is 1. The van der Waals surface area contributed by atoms with Crippen molar-refractivity contribution < 1.29 is 0 Å². The van der Waals surface area contributed by atoms with Crippen LogP contribution in [-0.4, -0.2) is 4.98 Å². The minimum absolute atomic E-state index is 0.226. The zero-order valence-corrected chi connectivity index (χ0v) is 12.7. The maximum Gasteiger partial charge on any atom is 0.0929 e. The Morgan fingerprint density at radius 3 is 2.29 bits per heavy atom. The lowest BCUT2D eigenvalue weighted by Crippen LogP contribution is -2.35. The van der Waals surface area contributed by atoms with Crippen LogP contribution in [0, 0.1) is 5.41 Å². The topological polar surface area (TPSA) is 38.9 Å². The molecule has 0 aromatic carbocycles. The summed E-state index contributed by atoms with van der Waals surface area (Å²) in [5.41, 5.74) is 7.59. The van der Waals surface area contributed by atoms with E-state index in [-0.39, 0.29) is 5.54 Å². The summed E-state index contributed by atoms with van der Waals surface area (Å²) in [6, 6.07) is 0. The molecule has 98 valence electrons. The Labute approximate surface area is 110 Å². The van der Waals surface area contributed by atoms with E-state index in [1.165, 1.54) is 11.4 Å². The van der Waals surface area contributed by atoms with E-state index in [4.69, 9.17) is 10.7 Å². The van der Waals surface area contributed by atoms with Gasteiger partial charge < -0.3 is 5.73 Å². The van der Waals surface area contributed by atoms with Crippen molar-refractivity contribution >= 4 is 11.3 Å². The highest BCUT2D eigenvalue weighted by atomic mass is 32.1. The predicted molar refractivity (Wildman–Crippen MR) is 76.3 cm³/mol. The Hall–Kier alpha value is -0.410. The van der Waals surface area contributed by atoms with E-state index >= 15 is 0 Å². The average molecular weight is 254 g/mol. The summed E-state index contributed by atoms with van der Waals surface area (Å²) in [6.45, 7) is 11.1. The highest BCUT2D eigenvalue weighted by Crippen LogP contribution is 2.28. The third-order valence-electron chi connectivity index (χ3n) is 3.41. The van der Waals surface area contributed by atoms with Gasteiger partial charge in [-0.2, -0.15) is 0 Å². The summed E-state index contributed by atoms with van der Waals surface area (Å²) in [4.78, 5) is 4.72. The Morgan fingerprint density at radius 2 is 1.82 bits per heavy atom. The van der Waals surface area contributed by atoms with E-state index in [9.17, 15) is 0 Å². The summed E-state index contributed by atoms with van der Waals surface area (Å²) in [6.07, 6.45) is 4.14. The Balaban J connectivity index is 2.71. The van der Waals surface area contributed by atoms with E-state index in [0.29, 0.717) is 5.41 Å². The third kappa shape index (κ3) is 4.07. The lowest BCUT2D eigenvalue weighted by molar-refractivity contribution is 0.375. The standard InChI is InChI=1S/C14H26N2S/c1-6-14(15,7-2)11-10-17-12(16-11)8-9-13(3,4)5/h10H,6-9,15H2,1-5H3. The first kappa shape index (κ1) is 14.7. The molecule has 2 nitrogen and oxygen atoms in total. The lowest BCUT2D eigenvalue weighted by Gasteiger charge is -2.24. The average Bonchev–Trinajstić information content (AvgIpc) is 2.73. The molecule has 0 bridgehead atoms. The monoisotopic (exact) mass is 254 g/mol. The van der Waals surface area contributed by atoms with Crippen molar-refractivity contribution in [1.82, 2.24) is 4.98 Å². The molecule has 0 saturated carbocycles. The van der Waals surface area contributed by atoms with Crippen LogP contribution in [0.15, 0.2) is 5.38 Å². The van der Waals surface area contributed by atoms with Crippen LogP contribution in [0.4, 0.5) is 0 Å². The molecule has 1 heterocycles. The van der Waals surface area contributed by atoms with E-state index in [2.05, 4.69) is 40.0 Å². The Bertz CT molecular complexity index is 345. The number of nitrogens with two attached hydrogens (primary N) is 1. The number of thiazole rings is 1. The summed E-state index contributed by atoms with van der Waals surface area (Å²) in [7, 11) is 0. The lowest BCUT2D eigenvalue weighted by atomic mass is 9.90. The maximum atomic E-state index is 6.36. The first-order valence-electron chi connectivity index (χ1n) is 6.54. The molecule has 0 unspecified atom stereocenters. The first-order valence-corrected chi connectivity index (χ1v) is 7.42. The SMILES string of the molecule is CCC(N)(CC)c1csc(CCC(C)(C)C)n1. The number of hydrogen-bond acceptors (Lipinski definition) is 3. The molecule has 0 aliphatic rings. The second-order valence-electron chi connectivity index (χ2n) is 6.05. The van der Waals surface area contributed by atoms with Crippen LogP contribution >= 0.6 is 11.3 Å². The van der Waals surface area contributed by atoms with Gasteiger partial charge in [-0.25, -0.2) is 4.98 Å². The fraction of sp³-hybridized carbons (Fsp3) is 0.786. The van der Waals surface area contributed by atoms with Crippen LogP contribution in [-0.2, 0) is 12.0 Å². The molecular formula is C14H26N2S. The molecule has 0 radical (unpaired) electrons. The largest absolute Gasteiger partial charge is 0.320 e. The van der Waals surface area contributed by atoms with Crippen molar-refractivity contribution in [3.05, 3.63) is 16.1 Å². The molecule has 0 atom stereocenters. The number of aromatic nitrogens is 1. The molecule has 0 amide bonds. The van der Waals surface area contributed by atoms with Crippen molar-refractivity contribution in [1.29, 1.82) is 0 Å². The van der Waals surface area contributed by atoms with Crippen LogP contribution in [0.1, 0.15) is 64.6 Å². The van der Waals surface area contributed by atoms with Gasteiger partial charge in [0, 0.05) is 5.38 Å². The van der Waals surface area contributed by atoms with E-state index in [1.807, 2.05) is 0 Å². The molecule has 0 aliphatic carbocycles. The molecule has 0 aliphatic heterocycles. The van der Waals surface area contributed by atoms with Crippen LogP contribution < -0.4 is 5.73 Å². The van der Waals surface area contributed by atoms with Crippen molar-refractivity contribution in [2.24, 2.45) is 11.1 Å². The number of aryl methyl sites for hydroxylation is 1. The molecule has 1 rings (SSSR count). The van der Waals surface area contributed by atoms with Crippen LogP contribution in [0.3, 0.4) is 0 Å². The fourth-order valence-electron chi connectivity index (χ4n) is 1.75. The molecular weight excluding hydrogens is 228 g/mol. The van der Waals surface area contributed by atoms with Gasteiger partial charge in [0.05, 0.1) is 16.2 Å². The molecule has 17 heavy (non-hydrogen) atoms. The summed E-state index contributed by atoms with van der Waals surface area (Å²) in [5, 5.41) is 3.37. The van der Waals surface area contributed by atoms with Gasteiger partial charge in [0.15, 0.2) is 0 Å².